The van der Waals surface area contributed by atoms with Gasteiger partial charge in [0, 0.05) is 39.0 Å². The van der Waals surface area contributed by atoms with Crippen molar-refractivity contribution in [2.75, 3.05) is 24.5 Å². The number of likely N-dealkylation sites (tertiary alicyclic amines) is 1. The summed E-state index contributed by atoms with van der Waals surface area (Å²) in [5.41, 5.74) is 0. The number of aryl methyl sites for hydroxylation is 1. The standard InChI is InChI=1S/C15H23N3O3/c1-11-5-4-7-17(10-11)15(20)6-8-18(13(3)19)14-9-12(2)21-16-14/h9,11H,4-8,10H2,1-3H3. The van der Waals surface area contributed by atoms with Gasteiger partial charge >= 0.3 is 0 Å². The molecule has 0 aromatic carbocycles. The summed E-state index contributed by atoms with van der Waals surface area (Å²) in [6.45, 7) is 7.39. The predicted octanol–water partition coefficient (Wildman–Crippen LogP) is 1.98. The number of nitrogens with zero attached hydrogens (tertiary/aromatic N) is 3. The van der Waals surface area contributed by atoms with Crippen LogP contribution in [0, 0.1) is 12.8 Å². The van der Waals surface area contributed by atoms with Crippen molar-refractivity contribution in [1.82, 2.24) is 10.1 Å². The molecule has 0 N–H and O–H groups in total. The van der Waals surface area contributed by atoms with E-state index in [0.717, 1.165) is 19.5 Å². The predicted molar refractivity (Wildman–Crippen MR) is 78.9 cm³/mol. The third-order valence-corrected chi connectivity index (χ3v) is 3.83. The molecule has 2 amide bonds. The molecule has 1 aromatic rings. The quantitative estimate of drug-likeness (QED) is 0.851. The van der Waals surface area contributed by atoms with E-state index in [1.54, 1.807) is 13.0 Å². The van der Waals surface area contributed by atoms with E-state index in [0.29, 0.717) is 30.5 Å². The molecule has 116 valence electrons. The molecule has 6 nitrogen and oxygen atoms in total. The number of carbonyl (C=O) groups excluding carboxylic acids is 2. The summed E-state index contributed by atoms with van der Waals surface area (Å²) in [4.78, 5) is 27.4. The van der Waals surface area contributed by atoms with Crippen LogP contribution in [0.3, 0.4) is 0 Å². The lowest BCUT2D eigenvalue weighted by atomic mass is 10.00. The van der Waals surface area contributed by atoms with Crippen LogP contribution in [-0.4, -0.2) is 41.5 Å². The number of hydrogen-bond acceptors (Lipinski definition) is 4. The van der Waals surface area contributed by atoms with Gasteiger partial charge in [-0.1, -0.05) is 12.1 Å². The van der Waals surface area contributed by atoms with Gasteiger partial charge in [0.25, 0.3) is 0 Å². The fourth-order valence-corrected chi connectivity index (χ4v) is 2.70. The number of piperidine rings is 1. The highest BCUT2D eigenvalue weighted by molar-refractivity contribution is 5.91. The fraction of sp³-hybridized carbons (Fsp3) is 0.667. The maximum Gasteiger partial charge on any atom is 0.225 e. The summed E-state index contributed by atoms with van der Waals surface area (Å²) in [7, 11) is 0. The van der Waals surface area contributed by atoms with Crippen LogP contribution in [-0.2, 0) is 9.59 Å². The Bertz CT molecular complexity index is 512. The highest BCUT2D eigenvalue weighted by atomic mass is 16.5. The van der Waals surface area contributed by atoms with E-state index in [1.807, 2.05) is 4.90 Å². The van der Waals surface area contributed by atoms with E-state index < -0.39 is 0 Å². The van der Waals surface area contributed by atoms with E-state index in [-0.39, 0.29) is 11.8 Å². The molecule has 1 atom stereocenters. The van der Waals surface area contributed by atoms with Crippen molar-refractivity contribution in [3.05, 3.63) is 11.8 Å². The smallest absolute Gasteiger partial charge is 0.225 e. The Kier molecular flexibility index (Phi) is 4.98. The van der Waals surface area contributed by atoms with Crippen molar-refractivity contribution in [3.63, 3.8) is 0 Å². The fourth-order valence-electron chi connectivity index (χ4n) is 2.70. The number of carbonyl (C=O) groups is 2. The van der Waals surface area contributed by atoms with Crippen LogP contribution in [0.5, 0.6) is 0 Å². The Labute approximate surface area is 125 Å². The van der Waals surface area contributed by atoms with Crippen molar-refractivity contribution >= 4 is 17.6 Å². The van der Waals surface area contributed by atoms with Crippen LogP contribution in [0.2, 0.25) is 0 Å². The first-order valence-electron chi connectivity index (χ1n) is 7.46. The summed E-state index contributed by atoms with van der Waals surface area (Å²) >= 11 is 0. The van der Waals surface area contributed by atoms with Gasteiger partial charge in [0.2, 0.25) is 11.8 Å². The minimum atomic E-state index is -0.136. The van der Waals surface area contributed by atoms with Crippen molar-refractivity contribution in [3.8, 4) is 0 Å². The molecule has 1 fully saturated rings. The van der Waals surface area contributed by atoms with Gasteiger partial charge in [-0.25, -0.2) is 0 Å². The van der Waals surface area contributed by atoms with Crippen LogP contribution in [0.1, 0.15) is 38.9 Å². The normalized spacial score (nSPS) is 18.6. The molecule has 2 heterocycles. The zero-order chi connectivity index (χ0) is 15.4. The molecule has 21 heavy (non-hydrogen) atoms. The zero-order valence-electron chi connectivity index (χ0n) is 13.0. The molecule has 0 bridgehead atoms. The van der Waals surface area contributed by atoms with E-state index in [2.05, 4.69) is 12.1 Å². The van der Waals surface area contributed by atoms with E-state index in [1.165, 1.54) is 18.2 Å². The monoisotopic (exact) mass is 293 g/mol. The highest BCUT2D eigenvalue weighted by Gasteiger charge is 2.23. The number of anilines is 1. The minimum absolute atomic E-state index is 0.105. The molecular formula is C15H23N3O3. The second kappa shape index (κ2) is 6.74. The third-order valence-electron chi connectivity index (χ3n) is 3.83. The second-order valence-corrected chi connectivity index (χ2v) is 5.80. The van der Waals surface area contributed by atoms with Crippen molar-refractivity contribution in [2.45, 2.75) is 40.0 Å². The molecule has 1 aromatic heterocycles. The summed E-state index contributed by atoms with van der Waals surface area (Å²) in [5.74, 6) is 1.65. The average Bonchev–Trinajstić information content (AvgIpc) is 2.85. The van der Waals surface area contributed by atoms with Crippen molar-refractivity contribution in [2.24, 2.45) is 5.92 Å². The van der Waals surface area contributed by atoms with Crippen LogP contribution < -0.4 is 4.90 Å². The van der Waals surface area contributed by atoms with E-state index in [4.69, 9.17) is 4.52 Å². The van der Waals surface area contributed by atoms with Gasteiger partial charge < -0.3 is 9.42 Å². The largest absolute Gasteiger partial charge is 0.360 e. The molecule has 0 saturated carbocycles. The zero-order valence-corrected chi connectivity index (χ0v) is 13.0. The molecule has 0 aliphatic carbocycles. The topological polar surface area (TPSA) is 66.7 Å². The molecule has 1 saturated heterocycles. The van der Waals surface area contributed by atoms with Crippen molar-refractivity contribution < 1.29 is 14.1 Å². The first-order valence-corrected chi connectivity index (χ1v) is 7.46. The van der Waals surface area contributed by atoms with Gasteiger partial charge in [0.1, 0.15) is 5.76 Å². The van der Waals surface area contributed by atoms with Gasteiger partial charge in [-0.05, 0) is 25.7 Å². The maximum atomic E-state index is 12.3. The maximum absolute atomic E-state index is 12.3. The Balaban J connectivity index is 1.92. The average molecular weight is 293 g/mol. The lowest BCUT2D eigenvalue weighted by Crippen LogP contribution is -2.41. The summed E-state index contributed by atoms with van der Waals surface area (Å²) in [5, 5.41) is 3.85. The van der Waals surface area contributed by atoms with E-state index >= 15 is 0 Å². The molecule has 2 rings (SSSR count). The first-order chi connectivity index (χ1) is 9.97. The Morgan fingerprint density at radius 3 is 2.86 bits per heavy atom. The molecule has 1 unspecified atom stereocenters. The van der Waals surface area contributed by atoms with Gasteiger partial charge in [-0.2, -0.15) is 0 Å². The third kappa shape index (κ3) is 4.06. The van der Waals surface area contributed by atoms with Crippen LogP contribution in [0.4, 0.5) is 5.82 Å². The number of amides is 2. The first kappa shape index (κ1) is 15.5. The molecule has 1 aliphatic heterocycles. The second-order valence-electron chi connectivity index (χ2n) is 5.80. The van der Waals surface area contributed by atoms with Gasteiger partial charge in [-0.3, -0.25) is 14.5 Å². The number of aromatic nitrogens is 1. The van der Waals surface area contributed by atoms with Gasteiger partial charge in [0.15, 0.2) is 5.82 Å². The van der Waals surface area contributed by atoms with Crippen LogP contribution in [0.15, 0.2) is 10.6 Å². The summed E-state index contributed by atoms with van der Waals surface area (Å²) in [6, 6.07) is 1.70. The summed E-state index contributed by atoms with van der Waals surface area (Å²) in [6.07, 6.45) is 2.56. The molecule has 1 aliphatic rings. The number of rotatable bonds is 4. The minimum Gasteiger partial charge on any atom is -0.360 e. The van der Waals surface area contributed by atoms with E-state index in [9.17, 15) is 9.59 Å². The van der Waals surface area contributed by atoms with Gasteiger partial charge in [-0.15, -0.1) is 0 Å². The lowest BCUT2D eigenvalue weighted by Gasteiger charge is -2.31. The lowest BCUT2D eigenvalue weighted by molar-refractivity contribution is -0.132. The SMILES string of the molecule is CC(=O)N(CCC(=O)N1CCCC(C)C1)c1cc(C)on1. The van der Waals surface area contributed by atoms with Gasteiger partial charge in [0.05, 0.1) is 0 Å². The Morgan fingerprint density at radius 2 is 2.29 bits per heavy atom. The molecular weight excluding hydrogens is 270 g/mol. The van der Waals surface area contributed by atoms with Crippen LogP contribution in [0.25, 0.3) is 0 Å². The Hall–Kier alpha value is -1.85. The molecule has 6 heteroatoms. The highest BCUT2D eigenvalue weighted by Crippen LogP contribution is 2.18. The Morgan fingerprint density at radius 1 is 1.52 bits per heavy atom. The van der Waals surface area contributed by atoms with Crippen molar-refractivity contribution in [1.29, 1.82) is 0 Å². The molecule has 0 radical (unpaired) electrons. The summed E-state index contributed by atoms with van der Waals surface area (Å²) < 4.78 is 4.99. The van der Waals surface area contributed by atoms with Crippen LogP contribution >= 0.6 is 0 Å². The molecule has 0 spiro atoms. The number of hydrogen-bond donors (Lipinski definition) is 0.